The van der Waals surface area contributed by atoms with Crippen LogP contribution in [-0.4, -0.2) is 90.9 Å². The van der Waals surface area contributed by atoms with E-state index in [9.17, 15) is 23.3 Å². The minimum absolute atomic E-state index is 0.0533. The van der Waals surface area contributed by atoms with Crippen LogP contribution < -0.4 is 5.32 Å². The number of amides is 1. The third-order valence-corrected chi connectivity index (χ3v) is 10.5. The Morgan fingerprint density at radius 3 is 2.31 bits per heavy atom. The van der Waals surface area contributed by atoms with Gasteiger partial charge in [0.15, 0.2) is 5.11 Å². The maximum absolute atomic E-state index is 13.2. The van der Waals surface area contributed by atoms with Crippen molar-refractivity contribution in [1.29, 1.82) is 0 Å². The van der Waals surface area contributed by atoms with Gasteiger partial charge in [-0.25, -0.2) is 8.42 Å². The van der Waals surface area contributed by atoms with Gasteiger partial charge >= 0.3 is 0 Å². The Balaban J connectivity index is 1.18. The topological polar surface area (TPSA) is 125 Å². The summed E-state index contributed by atoms with van der Waals surface area (Å²) in [6, 6.07) is 10.8. The summed E-state index contributed by atoms with van der Waals surface area (Å²) in [5, 5.41) is 15.6. The van der Waals surface area contributed by atoms with Gasteiger partial charge in [0.1, 0.15) is 4.88 Å². The zero-order valence-corrected chi connectivity index (χ0v) is 23.7. The van der Waals surface area contributed by atoms with Crippen molar-refractivity contribution >= 4 is 77.7 Å². The summed E-state index contributed by atoms with van der Waals surface area (Å²) >= 11 is 13.2. The second-order valence-electron chi connectivity index (χ2n) is 8.93. The summed E-state index contributed by atoms with van der Waals surface area (Å²) in [6.07, 6.45) is 0. The molecule has 2 aromatic carbocycles. The van der Waals surface area contributed by atoms with Crippen molar-refractivity contribution in [2.24, 2.45) is 0 Å². The molecular weight excluding hydrogens is 586 g/mol. The Labute approximate surface area is 239 Å². The fourth-order valence-corrected chi connectivity index (χ4v) is 7.63. The predicted molar refractivity (Wildman–Crippen MR) is 153 cm³/mol. The number of piperazine rings is 1. The van der Waals surface area contributed by atoms with Gasteiger partial charge in [-0.2, -0.15) is 4.31 Å². The van der Waals surface area contributed by atoms with Crippen LogP contribution in [-0.2, 0) is 14.8 Å². The Morgan fingerprint density at radius 2 is 1.67 bits per heavy atom. The number of non-ortho nitro benzene ring substituents is 1. The van der Waals surface area contributed by atoms with Crippen molar-refractivity contribution in [1.82, 2.24) is 14.1 Å². The predicted octanol–water partition coefficient (Wildman–Crippen LogP) is 3.64. The molecule has 5 rings (SSSR count). The van der Waals surface area contributed by atoms with Crippen LogP contribution in [0, 0.1) is 10.1 Å². The second kappa shape index (κ2) is 11.3. The fourth-order valence-electron chi connectivity index (χ4n) is 4.41. The lowest BCUT2D eigenvalue weighted by molar-refractivity contribution is -0.384. The third-order valence-electron chi connectivity index (χ3n) is 6.59. The number of benzene rings is 2. The van der Waals surface area contributed by atoms with Crippen molar-refractivity contribution < 1.29 is 22.9 Å². The van der Waals surface area contributed by atoms with E-state index in [4.69, 9.17) is 28.6 Å². The highest BCUT2D eigenvalue weighted by molar-refractivity contribution is 7.89. The SMILES string of the molecule is O=C(c1sc2cc([N+](=O)[O-])ccc2c1Cl)N1CCN(C(=S)Nc2ccc(S(=O)(=O)N3CCOCC3)cc2)CC1. The number of morpholine rings is 1. The molecule has 2 aliphatic heterocycles. The van der Waals surface area contributed by atoms with Crippen LogP contribution in [0.25, 0.3) is 10.1 Å². The molecule has 0 aliphatic carbocycles. The van der Waals surface area contributed by atoms with Gasteiger partial charge in [-0.1, -0.05) is 11.6 Å². The first-order chi connectivity index (χ1) is 18.6. The van der Waals surface area contributed by atoms with Gasteiger partial charge in [-0.05, 0) is 42.5 Å². The number of hydrogen-bond donors (Lipinski definition) is 1. The molecule has 0 bridgehead atoms. The molecule has 15 heteroatoms. The van der Waals surface area contributed by atoms with Gasteiger partial charge in [0.2, 0.25) is 10.0 Å². The molecule has 1 aromatic heterocycles. The highest BCUT2D eigenvalue weighted by atomic mass is 35.5. The maximum atomic E-state index is 13.2. The lowest BCUT2D eigenvalue weighted by Gasteiger charge is -2.36. The number of fused-ring (bicyclic) bond motifs is 1. The van der Waals surface area contributed by atoms with E-state index in [1.165, 1.54) is 16.4 Å². The van der Waals surface area contributed by atoms with Crippen LogP contribution in [0.2, 0.25) is 5.02 Å². The van der Waals surface area contributed by atoms with Crippen LogP contribution in [0.1, 0.15) is 9.67 Å². The molecule has 1 N–H and O–H groups in total. The number of carbonyl (C=O) groups excluding carboxylic acids is 1. The van der Waals surface area contributed by atoms with Crippen LogP contribution in [0.5, 0.6) is 0 Å². The molecule has 11 nitrogen and oxygen atoms in total. The van der Waals surface area contributed by atoms with Crippen molar-refractivity contribution in [3.05, 3.63) is 62.5 Å². The largest absolute Gasteiger partial charge is 0.379 e. The average molecular weight is 610 g/mol. The van der Waals surface area contributed by atoms with Gasteiger partial charge in [0.25, 0.3) is 11.6 Å². The summed E-state index contributed by atoms with van der Waals surface area (Å²) in [4.78, 5) is 28.0. The van der Waals surface area contributed by atoms with Gasteiger partial charge < -0.3 is 19.9 Å². The Bertz CT molecular complexity index is 1530. The number of hydrogen-bond acceptors (Lipinski definition) is 8. The molecule has 2 saturated heterocycles. The number of anilines is 1. The van der Waals surface area contributed by atoms with E-state index in [1.807, 2.05) is 4.90 Å². The molecular formula is C24H24ClN5O6S3. The molecule has 0 radical (unpaired) electrons. The fraction of sp³-hybridized carbons (Fsp3) is 0.333. The average Bonchev–Trinajstić information content (AvgIpc) is 3.29. The van der Waals surface area contributed by atoms with Crippen molar-refractivity contribution in [3.63, 3.8) is 0 Å². The summed E-state index contributed by atoms with van der Waals surface area (Å²) in [5.74, 6) is -0.223. The molecule has 0 spiro atoms. The van der Waals surface area contributed by atoms with E-state index >= 15 is 0 Å². The Morgan fingerprint density at radius 1 is 1.03 bits per heavy atom. The standard InChI is InChI=1S/C24H24ClN5O6S3/c25-21-19-6-3-17(30(32)33)15-20(19)38-22(21)23(31)27-7-9-28(10-8-27)24(37)26-16-1-4-18(5-2-16)39(34,35)29-11-13-36-14-12-29/h1-6,15H,7-14H2,(H,26,37). The summed E-state index contributed by atoms with van der Waals surface area (Å²) in [7, 11) is -3.58. The molecule has 0 saturated carbocycles. The molecule has 39 heavy (non-hydrogen) atoms. The number of ether oxygens (including phenoxy) is 1. The smallest absolute Gasteiger partial charge is 0.270 e. The zero-order valence-electron chi connectivity index (χ0n) is 20.5. The van der Waals surface area contributed by atoms with Gasteiger partial charge in [0.05, 0.1) is 28.1 Å². The highest BCUT2D eigenvalue weighted by Gasteiger charge is 2.28. The molecule has 0 unspecified atom stereocenters. The molecule has 2 fully saturated rings. The summed E-state index contributed by atoms with van der Waals surface area (Å²) in [6.45, 7) is 3.26. The van der Waals surface area contributed by atoms with E-state index < -0.39 is 14.9 Å². The number of rotatable bonds is 5. The highest BCUT2D eigenvalue weighted by Crippen LogP contribution is 2.38. The quantitative estimate of drug-likeness (QED) is 0.262. The number of carbonyl (C=O) groups is 1. The normalized spacial score (nSPS) is 16.8. The molecule has 2 aliphatic rings. The van der Waals surface area contributed by atoms with E-state index in [1.54, 1.807) is 35.2 Å². The van der Waals surface area contributed by atoms with Crippen LogP contribution in [0.3, 0.4) is 0 Å². The van der Waals surface area contributed by atoms with Crippen molar-refractivity contribution in [3.8, 4) is 0 Å². The maximum Gasteiger partial charge on any atom is 0.270 e. The number of nitro benzene ring substituents is 1. The monoisotopic (exact) mass is 609 g/mol. The molecule has 0 atom stereocenters. The van der Waals surface area contributed by atoms with Crippen LogP contribution >= 0.6 is 35.2 Å². The molecule has 206 valence electrons. The van der Waals surface area contributed by atoms with Crippen molar-refractivity contribution in [2.75, 3.05) is 57.8 Å². The third kappa shape index (κ3) is 5.71. The Kier molecular flexibility index (Phi) is 8.03. The van der Waals surface area contributed by atoms with E-state index in [2.05, 4.69) is 5.32 Å². The van der Waals surface area contributed by atoms with Gasteiger partial charge in [-0.3, -0.25) is 14.9 Å². The molecule has 1 amide bonds. The number of halogens is 1. The lowest BCUT2D eigenvalue weighted by Crippen LogP contribution is -2.51. The number of nitro groups is 1. The minimum atomic E-state index is -3.58. The first-order valence-electron chi connectivity index (χ1n) is 12.0. The summed E-state index contributed by atoms with van der Waals surface area (Å²) < 4.78 is 32.9. The van der Waals surface area contributed by atoms with Gasteiger partial charge in [-0.15, -0.1) is 11.3 Å². The van der Waals surface area contributed by atoms with E-state index in [0.29, 0.717) is 83.3 Å². The lowest BCUT2D eigenvalue weighted by atomic mass is 10.2. The number of thiophene rings is 1. The first-order valence-corrected chi connectivity index (χ1v) is 15.1. The van der Waals surface area contributed by atoms with Crippen molar-refractivity contribution in [2.45, 2.75) is 4.90 Å². The molecule has 3 aromatic rings. The first kappa shape index (κ1) is 27.7. The number of sulfonamides is 1. The minimum Gasteiger partial charge on any atom is -0.379 e. The number of nitrogens with zero attached hydrogens (tertiary/aromatic N) is 4. The number of thiocarbonyl (C=S) groups is 1. The van der Waals surface area contributed by atoms with E-state index in [0.717, 1.165) is 11.3 Å². The van der Waals surface area contributed by atoms with E-state index in [-0.39, 0.29) is 16.5 Å². The van der Waals surface area contributed by atoms with Crippen LogP contribution in [0.4, 0.5) is 11.4 Å². The molecule has 3 heterocycles. The van der Waals surface area contributed by atoms with Crippen LogP contribution in [0.15, 0.2) is 47.4 Å². The van der Waals surface area contributed by atoms with Gasteiger partial charge in [0, 0.05) is 67.2 Å². The number of nitrogens with one attached hydrogen (secondary N) is 1. The Hall–Kier alpha value is -2.88. The zero-order chi connectivity index (χ0) is 27.7. The second-order valence-corrected chi connectivity index (χ2v) is 12.7. The summed E-state index contributed by atoms with van der Waals surface area (Å²) in [5.41, 5.74) is 0.605.